The van der Waals surface area contributed by atoms with E-state index in [-0.39, 0.29) is 11.8 Å². The van der Waals surface area contributed by atoms with Crippen molar-refractivity contribution in [3.8, 4) is 0 Å². The maximum absolute atomic E-state index is 12.6. The minimum atomic E-state index is -0.171. The van der Waals surface area contributed by atoms with E-state index >= 15 is 0 Å². The highest BCUT2D eigenvalue weighted by atomic mass is 16.2. The van der Waals surface area contributed by atoms with Gasteiger partial charge in [0.25, 0.3) is 11.8 Å². The molecule has 1 fully saturated rings. The van der Waals surface area contributed by atoms with E-state index in [9.17, 15) is 9.59 Å². The number of piperazine rings is 1. The highest BCUT2D eigenvalue weighted by molar-refractivity contribution is 6.05. The van der Waals surface area contributed by atoms with Crippen LogP contribution in [0, 0.1) is 0 Å². The molecule has 0 atom stereocenters. The standard InChI is InChI=1S/C22H27N3O2/c1-3-17-5-11-20(12-6-17)23-21(26)18-7-9-19(10-8-18)22(27)25-15-13-24(4-2)14-16-25/h5-12H,3-4,13-16H2,1-2H3,(H,23,26). The fourth-order valence-electron chi connectivity index (χ4n) is 3.24. The van der Waals surface area contributed by atoms with Gasteiger partial charge >= 0.3 is 0 Å². The van der Waals surface area contributed by atoms with Crippen LogP contribution in [0.15, 0.2) is 48.5 Å². The van der Waals surface area contributed by atoms with Crippen molar-refractivity contribution >= 4 is 17.5 Å². The van der Waals surface area contributed by atoms with Crippen LogP contribution >= 0.6 is 0 Å². The zero-order valence-electron chi connectivity index (χ0n) is 16.1. The van der Waals surface area contributed by atoms with E-state index < -0.39 is 0 Å². The summed E-state index contributed by atoms with van der Waals surface area (Å²) in [6.45, 7) is 8.59. The molecule has 1 heterocycles. The van der Waals surface area contributed by atoms with Gasteiger partial charge in [-0.25, -0.2) is 0 Å². The number of hydrogen-bond donors (Lipinski definition) is 1. The third kappa shape index (κ3) is 4.74. The number of benzene rings is 2. The number of carbonyl (C=O) groups is 2. The largest absolute Gasteiger partial charge is 0.336 e. The first-order valence-corrected chi connectivity index (χ1v) is 9.62. The minimum absolute atomic E-state index is 0.0351. The molecule has 2 aromatic rings. The summed E-state index contributed by atoms with van der Waals surface area (Å²) in [5.41, 5.74) is 3.17. The van der Waals surface area contributed by atoms with E-state index in [1.54, 1.807) is 24.3 Å². The molecule has 0 aliphatic carbocycles. The Bertz CT molecular complexity index is 776. The Labute approximate surface area is 161 Å². The third-order valence-corrected chi connectivity index (χ3v) is 5.12. The van der Waals surface area contributed by atoms with Gasteiger partial charge in [-0.15, -0.1) is 0 Å². The maximum atomic E-state index is 12.6. The van der Waals surface area contributed by atoms with Crippen LogP contribution < -0.4 is 5.32 Å². The first kappa shape index (κ1) is 19.1. The van der Waals surface area contributed by atoms with Crippen molar-refractivity contribution in [2.24, 2.45) is 0 Å². The van der Waals surface area contributed by atoms with Gasteiger partial charge in [0.2, 0.25) is 0 Å². The lowest BCUT2D eigenvalue weighted by molar-refractivity contribution is 0.0643. The quantitative estimate of drug-likeness (QED) is 0.885. The number of anilines is 1. The van der Waals surface area contributed by atoms with Gasteiger partial charge in [0.05, 0.1) is 0 Å². The molecular formula is C22H27N3O2. The van der Waals surface area contributed by atoms with Crippen LogP contribution in [-0.4, -0.2) is 54.3 Å². The molecular weight excluding hydrogens is 338 g/mol. The maximum Gasteiger partial charge on any atom is 0.255 e. The smallest absolute Gasteiger partial charge is 0.255 e. The zero-order valence-corrected chi connectivity index (χ0v) is 16.1. The van der Waals surface area contributed by atoms with Crippen molar-refractivity contribution in [3.63, 3.8) is 0 Å². The van der Waals surface area contributed by atoms with Gasteiger partial charge in [-0.1, -0.05) is 26.0 Å². The summed E-state index contributed by atoms with van der Waals surface area (Å²) in [4.78, 5) is 29.3. The summed E-state index contributed by atoms with van der Waals surface area (Å²) in [7, 11) is 0. The van der Waals surface area contributed by atoms with E-state index in [1.807, 2.05) is 29.2 Å². The molecule has 5 heteroatoms. The van der Waals surface area contributed by atoms with Gasteiger partial charge in [-0.05, 0) is 54.9 Å². The van der Waals surface area contributed by atoms with Gasteiger partial charge in [0.1, 0.15) is 0 Å². The summed E-state index contributed by atoms with van der Waals surface area (Å²) < 4.78 is 0. The second-order valence-electron chi connectivity index (χ2n) is 6.81. The molecule has 0 bridgehead atoms. The molecule has 142 valence electrons. The highest BCUT2D eigenvalue weighted by Gasteiger charge is 2.21. The molecule has 0 radical (unpaired) electrons. The average molecular weight is 365 g/mol. The fraction of sp³-hybridized carbons (Fsp3) is 0.364. The number of amides is 2. The third-order valence-electron chi connectivity index (χ3n) is 5.12. The van der Waals surface area contributed by atoms with Gasteiger partial charge in [0.15, 0.2) is 0 Å². The highest BCUT2D eigenvalue weighted by Crippen LogP contribution is 2.14. The molecule has 2 amide bonds. The predicted octanol–water partition coefficient (Wildman–Crippen LogP) is 3.28. The Balaban J connectivity index is 1.60. The Kier molecular flexibility index (Phi) is 6.24. The molecule has 0 spiro atoms. The van der Waals surface area contributed by atoms with Crippen LogP contribution in [0.1, 0.15) is 40.1 Å². The average Bonchev–Trinajstić information content (AvgIpc) is 2.74. The van der Waals surface area contributed by atoms with Gasteiger partial charge < -0.3 is 15.1 Å². The molecule has 0 saturated carbocycles. The summed E-state index contributed by atoms with van der Waals surface area (Å²) in [6.07, 6.45) is 0.969. The first-order chi connectivity index (χ1) is 13.1. The number of rotatable bonds is 5. The van der Waals surface area contributed by atoms with E-state index in [4.69, 9.17) is 0 Å². The lowest BCUT2D eigenvalue weighted by atomic mass is 10.1. The molecule has 1 aliphatic heterocycles. The molecule has 0 unspecified atom stereocenters. The summed E-state index contributed by atoms with van der Waals surface area (Å²) in [5.74, 6) is -0.136. The summed E-state index contributed by atoms with van der Waals surface area (Å²) >= 11 is 0. The number of carbonyl (C=O) groups excluding carboxylic acids is 2. The van der Waals surface area contributed by atoms with Crippen LogP contribution in [0.3, 0.4) is 0 Å². The molecule has 5 nitrogen and oxygen atoms in total. The van der Waals surface area contributed by atoms with Gasteiger partial charge in [0, 0.05) is 43.0 Å². The predicted molar refractivity (Wildman–Crippen MR) is 108 cm³/mol. The SMILES string of the molecule is CCc1ccc(NC(=O)c2ccc(C(=O)N3CCN(CC)CC3)cc2)cc1. The van der Waals surface area contributed by atoms with Gasteiger partial charge in [-0.2, -0.15) is 0 Å². The molecule has 1 saturated heterocycles. The summed E-state index contributed by atoms with van der Waals surface area (Å²) in [6, 6.07) is 14.7. The first-order valence-electron chi connectivity index (χ1n) is 9.62. The van der Waals surface area contributed by atoms with Crippen LogP contribution in [-0.2, 0) is 6.42 Å². The minimum Gasteiger partial charge on any atom is -0.336 e. The molecule has 1 aliphatic rings. The number of likely N-dealkylation sites (N-methyl/N-ethyl adjacent to an activating group) is 1. The fourth-order valence-corrected chi connectivity index (χ4v) is 3.24. The monoisotopic (exact) mass is 365 g/mol. The van der Waals surface area contributed by atoms with Crippen LogP contribution in [0.4, 0.5) is 5.69 Å². The number of nitrogens with one attached hydrogen (secondary N) is 1. The van der Waals surface area contributed by atoms with Crippen molar-refractivity contribution in [2.45, 2.75) is 20.3 Å². The van der Waals surface area contributed by atoms with E-state index in [1.165, 1.54) is 5.56 Å². The van der Waals surface area contributed by atoms with Crippen molar-refractivity contribution < 1.29 is 9.59 Å². The molecule has 27 heavy (non-hydrogen) atoms. The Morgan fingerprint density at radius 2 is 1.44 bits per heavy atom. The molecule has 2 aromatic carbocycles. The van der Waals surface area contributed by atoms with Crippen molar-refractivity contribution in [3.05, 3.63) is 65.2 Å². The number of aryl methyl sites for hydroxylation is 1. The summed E-state index contributed by atoms with van der Waals surface area (Å²) in [5, 5.41) is 2.89. The van der Waals surface area contributed by atoms with E-state index in [2.05, 4.69) is 24.1 Å². The van der Waals surface area contributed by atoms with Crippen molar-refractivity contribution in [1.82, 2.24) is 9.80 Å². The molecule has 3 rings (SSSR count). The van der Waals surface area contributed by atoms with E-state index in [0.29, 0.717) is 11.1 Å². The second-order valence-corrected chi connectivity index (χ2v) is 6.81. The zero-order chi connectivity index (χ0) is 19.2. The number of hydrogen-bond acceptors (Lipinski definition) is 3. The van der Waals surface area contributed by atoms with Crippen LogP contribution in [0.25, 0.3) is 0 Å². The van der Waals surface area contributed by atoms with Crippen LogP contribution in [0.2, 0.25) is 0 Å². The van der Waals surface area contributed by atoms with Crippen molar-refractivity contribution in [1.29, 1.82) is 0 Å². The Hall–Kier alpha value is -2.66. The normalized spacial score (nSPS) is 14.8. The molecule has 0 aromatic heterocycles. The Morgan fingerprint density at radius 3 is 2.00 bits per heavy atom. The van der Waals surface area contributed by atoms with Crippen molar-refractivity contribution in [2.75, 3.05) is 38.0 Å². The molecule has 1 N–H and O–H groups in total. The van der Waals surface area contributed by atoms with E-state index in [0.717, 1.165) is 44.8 Å². The second kappa shape index (κ2) is 8.82. The lowest BCUT2D eigenvalue weighted by Crippen LogP contribution is -2.48. The lowest BCUT2D eigenvalue weighted by Gasteiger charge is -2.34. The topological polar surface area (TPSA) is 52.7 Å². The Morgan fingerprint density at radius 1 is 0.852 bits per heavy atom. The van der Waals surface area contributed by atoms with Crippen LogP contribution in [0.5, 0.6) is 0 Å². The van der Waals surface area contributed by atoms with Gasteiger partial charge in [-0.3, -0.25) is 9.59 Å². The number of nitrogens with zero attached hydrogens (tertiary/aromatic N) is 2.